The van der Waals surface area contributed by atoms with Crippen LogP contribution in [0, 0.1) is 0 Å². The number of carbonyl (C=O) groups excluding carboxylic acids is 2. The molecule has 0 fully saturated rings. The zero-order valence-electron chi connectivity index (χ0n) is 7.75. The smallest absolute Gasteiger partial charge is 0.249 e. The van der Waals surface area contributed by atoms with Crippen LogP contribution in [0.4, 0.5) is 0 Å². The largest absolute Gasteiger partial charge is 0.324 e. The molecule has 1 rings (SSSR count). The summed E-state index contributed by atoms with van der Waals surface area (Å²) in [5.74, 6) is -0.887. The summed E-state index contributed by atoms with van der Waals surface area (Å²) in [5, 5.41) is 2.92. The van der Waals surface area contributed by atoms with Gasteiger partial charge in [-0.25, -0.2) is 0 Å². The van der Waals surface area contributed by atoms with E-state index >= 15 is 0 Å². The summed E-state index contributed by atoms with van der Waals surface area (Å²) in [6.45, 7) is -0.0797. The first-order valence-electron chi connectivity index (χ1n) is 4.12. The molecule has 6 heteroatoms. The van der Waals surface area contributed by atoms with Crippen molar-refractivity contribution in [3.63, 3.8) is 0 Å². The van der Waals surface area contributed by atoms with Crippen LogP contribution in [-0.2, 0) is 0 Å². The monoisotopic (exact) mass is 204 g/mol. The van der Waals surface area contributed by atoms with Gasteiger partial charge >= 0.3 is 0 Å². The van der Waals surface area contributed by atoms with E-state index in [1.54, 1.807) is 0 Å². The third kappa shape index (κ3) is 2.63. The average Bonchev–Trinajstić information content (AvgIpc) is 2.28. The van der Waals surface area contributed by atoms with Gasteiger partial charge in [0, 0.05) is 16.0 Å². The summed E-state index contributed by atoms with van der Waals surface area (Å²) in [6.07, 6.45) is 0. The topological polar surface area (TPSA) is 109 Å². The van der Waals surface area contributed by atoms with Gasteiger partial charge in [0.1, 0.15) is 0 Å². The third-order valence-electron chi connectivity index (χ3n) is 1.77. The van der Waals surface area contributed by atoms with Gasteiger partial charge in [0.25, 0.3) is 0 Å². The fraction of sp³-hybridized carbons (Fsp3) is 0.111. The van der Waals surface area contributed by atoms with Crippen LogP contribution in [0.3, 0.4) is 0 Å². The maximum Gasteiger partial charge on any atom is 0.249 e. The number of nitrogens with two attached hydrogens (primary N) is 1. The van der Waals surface area contributed by atoms with E-state index in [2.05, 4.69) is 10.0 Å². The number of nitrogens with zero attached hydrogens (tertiary/aromatic N) is 3. The van der Waals surface area contributed by atoms with Crippen molar-refractivity contribution in [2.24, 2.45) is 10.8 Å². The van der Waals surface area contributed by atoms with Crippen LogP contribution in [-0.4, -0.2) is 18.2 Å². The number of carbonyl (C=O) groups is 2. The van der Waals surface area contributed by atoms with Crippen LogP contribution in [0.2, 0.25) is 0 Å². The Balaban J connectivity index is 2.94. The Labute approximate surface area is 85.3 Å². The molecule has 2 N–H and O–H groups in total. The van der Waals surface area contributed by atoms with E-state index in [0.29, 0.717) is 5.56 Å². The number of rotatable bonds is 3. The van der Waals surface area contributed by atoms with Crippen LogP contribution in [0.25, 0.3) is 10.4 Å². The van der Waals surface area contributed by atoms with Gasteiger partial charge in [-0.3, -0.25) is 9.59 Å². The van der Waals surface area contributed by atoms with Crippen LogP contribution in [0.15, 0.2) is 29.4 Å². The first-order chi connectivity index (χ1) is 7.19. The lowest BCUT2D eigenvalue weighted by Crippen LogP contribution is -2.13. The first kappa shape index (κ1) is 10.9. The molecule has 6 nitrogen and oxygen atoms in total. The van der Waals surface area contributed by atoms with E-state index in [1.807, 2.05) is 0 Å². The van der Waals surface area contributed by atoms with Crippen LogP contribution in [0.5, 0.6) is 0 Å². The van der Waals surface area contributed by atoms with Crippen molar-refractivity contribution in [2.75, 3.05) is 6.54 Å². The molecule has 1 amide bonds. The predicted octanol–water partition coefficient (Wildman–Crippen LogP) is 1.28. The summed E-state index contributed by atoms with van der Waals surface area (Å²) < 4.78 is 0. The Morgan fingerprint density at radius 3 is 2.27 bits per heavy atom. The molecule has 1 aromatic carbocycles. The molecule has 0 unspecified atom stereocenters. The molecular formula is C9H8N4O2. The minimum atomic E-state index is -0.677. The Kier molecular flexibility index (Phi) is 3.56. The molecule has 0 aliphatic carbocycles. The SMILES string of the molecule is [N-]=[N+]=NC(=O)c1ccc(C(=O)CN)cc1. The number of hydrogen-bond acceptors (Lipinski definition) is 3. The Bertz CT molecular complexity index is 432. The molecule has 0 aliphatic heterocycles. The second kappa shape index (κ2) is 4.90. The molecule has 0 saturated heterocycles. The van der Waals surface area contributed by atoms with Crippen molar-refractivity contribution in [3.8, 4) is 0 Å². The van der Waals surface area contributed by atoms with Crippen molar-refractivity contribution in [2.45, 2.75) is 0 Å². The molecule has 15 heavy (non-hydrogen) atoms. The summed E-state index contributed by atoms with van der Waals surface area (Å²) in [5.41, 5.74) is 13.9. The number of ketones is 1. The standard InChI is InChI=1S/C9H8N4O2/c10-5-8(14)6-1-3-7(4-2-6)9(15)12-13-11/h1-4H,5,10H2. The highest BCUT2D eigenvalue weighted by Crippen LogP contribution is 2.06. The quantitative estimate of drug-likeness (QED) is 0.346. The molecule has 0 bridgehead atoms. The lowest BCUT2D eigenvalue weighted by Gasteiger charge is -1.98. The Morgan fingerprint density at radius 1 is 1.27 bits per heavy atom. The van der Waals surface area contributed by atoms with Gasteiger partial charge < -0.3 is 5.73 Å². The average molecular weight is 204 g/mol. The highest BCUT2D eigenvalue weighted by Gasteiger charge is 2.05. The Morgan fingerprint density at radius 2 is 1.80 bits per heavy atom. The van der Waals surface area contributed by atoms with Gasteiger partial charge in [0.15, 0.2) is 5.78 Å². The van der Waals surface area contributed by atoms with Gasteiger partial charge in [0.05, 0.1) is 6.54 Å². The van der Waals surface area contributed by atoms with E-state index in [1.165, 1.54) is 24.3 Å². The van der Waals surface area contributed by atoms with Crippen molar-refractivity contribution in [1.29, 1.82) is 0 Å². The highest BCUT2D eigenvalue weighted by atomic mass is 16.1. The Hall–Kier alpha value is -2.17. The zero-order chi connectivity index (χ0) is 11.3. The summed E-state index contributed by atoms with van der Waals surface area (Å²) in [4.78, 5) is 24.6. The van der Waals surface area contributed by atoms with Gasteiger partial charge in [-0.1, -0.05) is 24.3 Å². The first-order valence-corrected chi connectivity index (χ1v) is 4.12. The zero-order valence-corrected chi connectivity index (χ0v) is 7.75. The summed E-state index contributed by atoms with van der Waals surface area (Å²) >= 11 is 0. The van der Waals surface area contributed by atoms with Crippen molar-refractivity contribution < 1.29 is 9.59 Å². The molecule has 76 valence electrons. The molecule has 0 spiro atoms. The van der Waals surface area contributed by atoms with Gasteiger partial charge in [-0.05, 0) is 10.6 Å². The highest BCUT2D eigenvalue weighted by molar-refractivity contribution is 5.99. The number of benzene rings is 1. The lowest BCUT2D eigenvalue weighted by atomic mass is 10.1. The number of azide groups is 1. The van der Waals surface area contributed by atoms with Crippen molar-refractivity contribution in [1.82, 2.24) is 0 Å². The van der Waals surface area contributed by atoms with Crippen LogP contribution in [0.1, 0.15) is 20.7 Å². The number of Topliss-reactive ketones (excluding diaryl/α,β-unsaturated/α-hetero) is 1. The van der Waals surface area contributed by atoms with Gasteiger partial charge in [-0.2, -0.15) is 0 Å². The van der Waals surface area contributed by atoms with Crippen LogP contribution < -0.4 is 5.73 Å². The molecular weight excluding hydrogens is 196 g/mol. The maximum absolute atomic E-state index is 11.1. The van der Waals surface area contributed by atoms with Gasteiger partial charge in [0.2, 0.25) is 5.91 Å². The molecule has 0 aliphatic rings. The molecule has 0 atom stereocenters. The third-order valence-corrected chi connectivity index (χ3v) is 1.77. The van der Waals surface area contributed by atoms with E-state index in [4.69, 9.17) is 11.3 Å². The molecule has 0 heterocycles. The molecule has 0 saturated carbocycles. The summed E-state index contributed by atoms with van der Waals surface area (Å²) in [7, 11) is 0. The van der Waals surface area contributed by atoms with E-state index in [-0.39, 0.29) is 17.9 Å². The van der Waals surface area contributed by atoms with E-state index < -0.39 is 5.91 Å². The van der Waals surface area contributed by atoms with Crippen molar-refractivity contribution >= 4 is 11.7 Å². The predicted molar refractivity (Wildman–Crippen MR) is 53.3 cm³/mol. The minimum absolute atomic E-state index is 0.0797. The molecule has 1 aromatic rings. The minimum Gasteiger partial charge on any atom is -0.324 e. The summed E-state index contributed by atoms with van der Waals surface area (Å²) in [6, 6.07) is 5.77. The van der Waals surface area contributed by atoms with E-state index in [0.717, 1.165) is 0 Å². The normalized spacial score (nSPS) is 9.13. The second-order valence-electron chi connectivity index (χ2n) is 2.70. The fourth-order valence-corrected chi connectivity index (χ4v) is 1.01. The maximum atomic E-state index is 11.1. The van der Waals surface area contributed by atoms with Gasteiger partial charge in [-0.15, -0.1) is 0 Å². The van der Waals surface area contributed by atoms with Crippen molar-refractivity contribution in [3.05, 3.63) is 45.8 Å². The fourth-order valence-electron chi connectivity index (χ4n) is 1.01. The lowest BCUT2D eigenvalue weighted by molar-refractivity contribution is 0.0989. The van der Waals surface area contributed by atoms with Crippen LogP contribution >= 0.6 is 0 Å². The second-order valence-corrected chi connectivity index (χ2v) is 2.70. The molecule has 0 radical (unpaired) electrons. The molecule has 0 aromatic heterocycles. The van der Waals surface area contributed by atoms with E-state index in [9.17, 15) is 9.59 Å². The number of hydrogen-bond donors (Lipinski definition) is 1. The number of amides is 1.